The minimum Gasteiger partial charge on any atom is -0.503 e. The maximum Gasteiger partial charge on any atom is 0.341 e. The number of nitrogens with zero attached hydrogens (tertiary/aromatic N) is 1. The first-order chi connectivity index (χ1) is 11.9. The Bertz CT molecular complexity index is 825. The second-order valence-corrected chi connectivity index (χ2v) is 6.82. The fourth-order valence-corrected chi connectivity index (χ4v) is 3.81. The quantitative estimate of drug-likeness (QED) is 0.857. The van der Waals surface area contributed by atoms with Crippen molar-refractivity contribution in [2.75, 3.05) is 0 Å². The monoisotopic (exact) mass is 343 g/mol. The van der Waals surface area contributed by atoms with E-state index in [1.54, 1.807) is 0 Å². The van der Waals surface area contributed by atoms with Gasteiger partial charge >= 0.3 is 5.97 Å². The van der Waals surface area contributed by atoms with Crippen molar-refractivity contribution in [2.45, 2.75) is 45.1 Å². The van der Waals surface area contributed by atoms with E-state index in [1.807, 2.05) is 18.2 Å². The van der Waals surface area contributed by atoms with Crippen molar-refractivity contribution in [3.8, 4) is 5.75 Å². The van der Waals surface area contributed by atoms with Gasteiger partial charge in [0.25, 0.3) is 0 Å². The van der Waals surface area contributed by atoms with E-state index in [1.165, 1.54) is 17.0 Å². The third-order valence-electron chi connectivity index (χ3n) is 5.08. The van der Waals surface area contributed by atoms with E-state index in [-0.39, 0.29) is 12.3 Å². The minimum absolute atomic E-state index is 0.0658. The van der Waals surface area contributed by atoms with Gasteiger partial charge < -0.3 is 14.8 Å². The van der Waals surface area contributed by atoms with Gasteiger partial charge in [-0.25, -0.2) is 4.79 Å². The van der Waals surface area contributed by atoms with Gasteiger partial charge in [0.15, 0.2) is 11.5 Å². The van der Waals surface area contributed by atoms with Crippen LogP contribution in [0.15, 0.2) is 41.0 Å². The number of allylic oxidation sites excluding steroid dienone is 4. The van der Waals surface area contributed by atoms with Gasteiger partial charge in [0, 0.05) is 24.5 Å². The molecule has 0 aliphatic heterocycles. The summed E-state index contributed by atoms with van der Waals surface area (Å²) in [5.41, 5.74) is -1.31. The summed E-state index contributed by atoms with van der Waals surface area (Å²) >= 11 is 0. The zero-order valence-corrected chi connectivity index (χ0v) is 13.9. The smallest absolute Gasteiger partial charge is 0.341 e. The van der Waals surface area contributed by atoms with Crippen molar-refractivity contribution in [3.05, 3.63) is 52.0 Å². The molecule has 132 valence electrons. The van der Waals surface area contributed by atoms with E-state index in [9.17, 15) is 19.5 Å². The molecule has 0 spiro atoms. The van der Waals surface area contributed by atoms with Crippen LogP contribution in [0.25, 0.3) is 0 Å². The second-order valence-electron chi connectivity index (χ2n) is 6.82. The summed E-state index contributed by atoms with van der Waals surface area (Å²) < 4.78 is 1.47. The molecule has 25 heavy (non-hydrogen) atoms. The van der Waals surface area contributed by atoms with Crippen molar-refractivity contribution in [2.24, 2.45) is 5.41 Å². The first kappa shape index (κ1) is 17.2. The SMILES string of the molecule is O=C(O)c1cn(CC2(C(=O)C3=CCCC=C3)CCCC2)cc(O)c1=O. The van der Waals surface area contributed by atoms with Crippen molar-refractivity contribution in [3.63, 3.8) is 0 Å². The Hall–Kier alpha value is -2.63. The second kappa shape index (κ2) is 6.70. The molecule has 3 rings (SSSR count). The number of carboxylic acids is 1. The number of Topliss-reactive ketones (excluding diaryl/α,β-unsaturated/α-hetero) is 1. The Labute approximate surface area is 145 Å². The maximum atomic E-state index is 13.1. The molecule has 1 aromatic rings. The Morgan fingerprint density at radius 3 is 2.48 bits per heavy atom. The lowest BCUT2D eigenvalue weighted by atomic mass is 9.77. The molecular weight excluding hydrogens is 322 g/mol. The Morgan fingerprint density at radius 2 is 1.88 bits per heavy atom. The fraction of sp³-hybridized carbons (Fsp3) is 0.421. The van der Waals surface area contributed by atoms with Crippen LogP contribution in [0.4, 0.5) is 0 Å². The lowest BCUT2D eigenvalue weighted by molar-refractivity contribution is -0.125. The van der Waals surface area contributed by atoms with Crippen molar-refractivity contribution in [1.29, 1.82) is 0 Å². The average Bonchev–Trinajstić information content (AvgIpc) is 3.07. The molecule has 0 aromatic carbocycles. The van der Waals surface area contributed by atoms with Crippen molar-refractivity contribution in [1.82, 2.24) is 4.57 Å². The number of pyridine rings is 1. The molecule has 6 nitrogen and oxygen atoms in total. The molecule has 0 radical (unpaired) electrons. The number of aromatic nitrogens is 1. The molecule has 2 N–H and O–H groups in total. The summed E-state index contributed by atoms with van der Waals surface area (Å²) in [5, 5.41) is 18.9. The van der Waals surface area contributed by atoms with Gasteiger partial charge in [-0.1, -0.05) is 31.1 Å². The third-order valence-corrected chi connectivity index (χ3v) is 5.08. The summed E-state index contributed by atoms with van der Waals surface area (Å²) in [6.45, 7) is 0.255. The highest BCUT2D eigenvalue weighted by atomic mass is 16.4. The molecule has 0 amide bonds. The number of rotatable bonds is 5. The Kier molecular flexibility index (Phi) is 4.61. The van der Waals surface area contributed by atoms with Gasteiger partial charge in [0.2, 0.25) is 5.43 Å². The highest BCUT2D eigenvalue weighted by Gasteiger charge is 2.42. The predicted molar refractivity (Wildman–Crippen MR) is 91.7 cm³/mol. The molecular formula is C19H21NO5. The molecule has 0 saturated heterocycles. The zero-order chi connectivity index (χ0) is 18.0. The third kappa shape index (κ3) is 3.29. The predicted octanol–water partition coefficient (Wildman–Crippen LogP) is 2.66. The lowest BCUT2D eigenvalue weighted by Crippen LogP contribution is -2.34. The molecule has 2 aliphatic carbocycles. The first-order valence-corrected chi connectivity index (χ1v) is 8.51. The molecule has 0 atom stereocenters. The van der Waals surface area contributed by atoms with Crippen LogP contribution in [-0.2, 0) is 11.3 Å². The summed E-state index contributed by atoms with van der Waals surface area (Å²) in [5.74, 6) is -1.94. The molecule has 2 aliphatic rings. The lowest BCUT2D eigenvalue weighted by Gasteiger charge is -2.29. The largest absolute Gasteiger partial charge is 0.503 e. The minimum atomic E-state index is -1.39. The maximum absolute atomic E-state index is 13.1. The normalized spacial score (nSPS) is 18.8. The number of carbonyl (C=O) groups excluding carboxylic acids is 1. The number of aromatic carboxylic acids is 1. The molecule has 1 aromatic heterocycles. The van der Waals surface area contributed by atoms with Gasteiger partial charge in [-0.2, -0.15) is 0 Å². The van der Waals surface area contributed by atoms with E-state index < -0.39 is 28.1 Å². The Morgan fingerprint density at radius 1 is 1.16 bits per heavy atom. The number of ketones is 1. The van der Waals surface area contributed by atoms with Gasteiger partial charge in [-0.15, -0.1) is 0 Å². The highest BCUT2D eigenvalue weighted by Crippen LogP contribution is 2.43. The van der Waals surface area contributed by atoms with Gasteiger partial charge in [-0.3, -0.25) is 9.59 Å². The molecule has 6 heteroatoms. The summed E-state index contributed by atoms with van der Waals surface area (Å²) in [6, 6.07) is 0. The standard InChI is InChI=1S/C19H21NO5/c21-15-11-20(10-14(16(15)22)18(24)25)12-19(8-4-5-9-19)17(23)13-6-2-1-3-7-13/h2,6-7,10-11,21H,1,3-5,8-9,12H2,(H,24,25). The molecule has 1 saturated carbocycles. The Balaban J connectivity index is 1.96. The van der Waals surface area contributed by atoms with Gasteiger partial charge in [0.1, 0.15) is 5.56 Å². The molecule has 1 fully saturated rings. The van der Waals surface area contributed by atoms with E-state index in [2.05, 4.69) is 0 Å². The van der Waals surface area contributed by atoms with E-state index >= 15 is 0 Å². The molecule has 0 unspecified atom stereocenters. The highest BCUT2D eigenvalue weighted by molar-refractivity contribution is 6.02. The summed E-state index contributed by atoms with van der Waals surface area (Å²) in [4.78, 5) is 36.1. The number of carbonyl (C=O) groups is 2. The number of aromatic hydroxyl groups is 1. The van der Waals surface area contributed by atoms with Crippen LogP contribution >= 0.6 is 0 Å². The van der Waals surface area contributed by atoms with Crippen molar-refractivity contribution >= 4 is 11.8 Å². The first-order valence-electron chi connectivity index (χ1n) is 8.51. The van der Waals surface area contributed by atoms with E-state index in [0.29, 0.717) is 18.4 Å². The van der Waals surface area contributed by atoms with Crippen LogP contribution in [0.1, 0.15) is 48.9 Å². The van der Waals surface area contributed by atoms with Crippen LogP contribution in [0.3, 0.4) is 0 Å². The topological polar surface area (TPSA) is 96.6 Å². The van der Waals surface area contributed by atoms with Gasteiger partial charge in [0.05, 0.1) is 5.41 Å². The van der Waals surface area contributed by atoms with Crippen LogP contribution in [0.2, 0.25) is 0 Å². The van der Waals surface area contributed by atoms with Crippen LogP contribution in [0.5, 0.6) is 5.75 Å². The van der Waals surface area contributed by atoms with Crippen LogP contribution in [-0.4, -0.2) is 26.5 Å². The molecule has 1 heterocycles. The summed E-state index contributed by atoms with van der Waals surface area (Å²) in [7, 11) is 0. The number of hydrogen-bond donors (Lipinski definition) is 2. The van der Waals surface area contributed by atoms with E-state index in [4.69, 9.17) is 5.11 Å². The van der Waals surface area contributed by atoms with Gasteiger partial charge in [-0.05, 0) is 25.7 Å². The van der Waals surface area contributed by atoms with E-state index in [0.717, 1.165) is 25.7 Å². The summed E-state index contributed by atoms with van der Waals surface area (Å²) in [6.07, 6.45) is 13.3. The number of hydrogen-bond acceptors (Lipinski definition) is 4. The average molecular weight is 343 g/mol. The zero-order valence-electron chi connectivity index (χ0n) is 13.9. The number of carboxylic acid groups (broad SMARTS) is 1. The molecule has 0 bridgehead atoms. The van der Waals surface area contributed by atoms with Crippen molar-refractivity contribution < 1.29 is 19.8 Å². The van der Waals surface area contributed by atoms with Crippen LogP contribution < -0.4 is 5.43 Å². The fourth-order valence-electron chi connectivity index (χ4n) is 3.81. The van der Waals surface area contributed by atoms with Crippen LogP contribution in [0, 0.1) is 5.41 Å².